The first-order valence-electron chi connectivity index (χ1n) is 11.8. The number of sulfonamides is 1. The molecule has 1 N–H and O–H groups in total. The third-order valence-electron chi connectivity index (χ3n) is 6.05. The highest BCUT2D eigenvalue weighted by Crippen LogP contribution is 2.41. The second kappa shape index (κ2) is 11.1. The van der Waals surface area contributed by atoms with E-state index >= 15 is 0 Å². The average Bonchev–Trinajstić information content (AvgIpc) is 3.46. The van der Waals surface area contributed by atoms with E-state index in [4.69, 9.17) is 14.5 Å². The molecule has 35 heavy (non-hydrogen) atoms. The van der Waals surface area contributed by atoms with Crippen LogP contribution < -0.4 is 4.72 Å². The van der Waals surface area contributed by atoms with Crippen molar-refractivity contribution in [3.05, 3.63) is 63.1 Å². The van der Waals surface area contributed by atoms with Crippen LogP contribution in [0.3, 0.4) is 0 Å². The number of methoxy groups -OCH3 is 1. The van der Waals surface area contributed by atoms with Gasteiger partial charge >= 0.3 is 6.07 Å². The van der Waals surface area contributed by atoms with Crippen LogP contribution in [-0.4, -0.2) is 52.1 Å². The molecule has 0 bridgehead atoms. The standard InChI is InChI=1S/C26H32N3O4S2/c1-17(2)33-24-11-8-18(14-19(24)15-27-3)26-28-16-25(34-26)22-7-5-6-21-20(22)9-10-23(21)29-35(30,31)13-12-32-4/h5-8,14,16-17,23-24,29H,9-13H2,1-4H3/q+1. The number of fused-ring (bicyclic) bond motifs is 1. The van der Waals surface area contributed by atoms with E-state index in [9.17, 15) is 8.42 Å². The van der Waals surface area contributed by atoms with Crippen molar-refractivity contribution < 1.29 is 17.9 Å². The number of allylic oxidation sites excluding steroid dienone is 2. The zero-order chi connectivity index (χ0) is 25.0. The van der Waals surface area contributed by atoms with Gasteiger partial charge in [-0.1, -0.05) is 29.1 Å². The minimum absolute atomic E-state index is 0.0406. The molecule has 4 rings (SSSR count). The Morgan fingerprint density at radius 3 is 2.91 bits per heavy atom. The lowest BCUT2D eigenvalue weighted by Crippen LogP contribution is -2.31. The van der Waals surface area contributed by atoms with Crippen LogP contribution in [0.1, 0.15) is 48.9 Å². The second-order valence-electron chi connectivity index (χ2n) is 8.93. The lowest BCUT2D eigenvalue weighted by Gasteiger charge is -2.20. The van der Waals surface area contributed by atoms with Gasteiger partial charge in [0.05, 0.1) is 23.3 Å². The fraction of sp³-hybridized carbons (Fsp3) is 0.462. The first kappa shape index (κ1) is 25.7. The maximum atomic E-state index is 12.4. The summed E-state index contributed by atoms with van der Waals surface area (Å²) in [5.74, 6) is -0.0406. The van der Waals surface area contributed by atoms with Gasteiger partial charge in [0.25, 0.3) is 7.05 Å². The molecule has 2 aliphatic carbocycles. The maximum Gasteiger partial charge on any atom is 0.309 e. The molecule has 0 saturated carbocycles. The van der Waals surface area contributed by atoms with Crippen LogP contribution in [0.2, 0.25) is 0 Å². The van der Waals surface area contributed by atoms with Crippen LogP contribution in [0.15, 0.2) is 42.1 Å². The van der Waals surface area contributed by atoms with E-state index in [1.807, 2.05) is 32.2 Å². The molecule has 2 unspecified atom stereocenters. The molecular weight excluding hydrogens is 482 g/mol. The first-order chi connectivity index (χ1) is 16.8. The van der Waals surface area contributed by atoms with Crippen molar-refractivity contribution in [2.45, 2.75) is 51.4 Å². The van der Waals surface area contributed by atoms with Crippen LogP contribution in [0.5, 0.6) is 0 Å². The lowest BCUT2D eigenvalue weighted by molar-refractivity contribution is 0.0328. The summed E-state index contributed by atoms with van der Waals surface area (Å²) in [6.45, 7) is 4.23. The summed E-state index contributed by atoms with van der Waals surface area (Å²) in [4.78, 5) is 9.88. The molecule has 2 aromatic rings. The highest BCUT2D eigenvalue weighted by Gasteiger charge is 2.29. The highest BCUT2D eigenvalue weighted by atomic mass is 32.2. The topological polar surface area (TPSA) is 81.9 Å². The molecule has 0 spiro atoms. The van der Waals surface area contributed by atoms with Crippen molar-refractivity contribution in [2.24, 2.45) is 0 Å². The van der Waals surface area contributed by atoms with E-state index in [-0.39, 0.29) is 30.6 Å². The normalized spacial score (nSPS) is 19.7. The summed E-state index contributed by atoms with van der Waals surface area (Å²) in [7, 11) is -0.183. The Hall–Kier alpha value is -2.35. The number of thiazole rings is 1. The van der Waals surface area contributed by atoms with E-state index in [0.29, 0.717) is 0 Å². The number of nitrogens with one attached hydrogen (secondary N) is 1. The Morgan fingerprint density at radius 1 is 1.34 bits per heavy atom. The van der Waals surface area contributed by atoms with E-state index < -0.39 is 10.0 Å². The summed E-state index contributed by atoms with van der Waals surface area (Å²) in [5.41, 5.74) is 5.33. The van der Waals surface area contributed by atoms with Gasteiger partial charge in [0.15, 0.2) is 0 Å². The average molecular weight is 515 g/mol. The van der Waals surface area contributed by atoms with Crippen molar-refractivity contribution in [1.29, 1.82) is 0 Å². The van der Waals surface area contributed by atoms with Crippen molar-refractivity contribution in [2.75, 3.05) is 26.5 Å². The van der Waals surface area contributed by atoms with Gasteiger partial charge in [0, 0.05) is 24.9 Å². The zero-order valence-electron chi connectivity index (χ0n) is 20.6. The summed E-state index contributed by atoms with van der Waals surface area (Å²) in [5, 5.41) is 0.936. The van der Waals surface area contributed by atoms with Gasteiger partial charge in [-0.25, -0.2) is 18.1 Å². The van der Waals surface area contributed by atoms with Crippen LogP contribution in [0, 0.1) is 6.07 Å². The van der Waals surface area contributed by atoms with Crippen LogP contribution in [0.25, 0.3) is 20.9 Å². The van der Waals surface area contributed by atoms with Gasteiger partial charge in [0.2, 0.25) is 10.0 Å². The summed E-state index contributed by atoms with van der Waals surface area (Å²) < 4.78 is 38.6. The van der Waals surface area contributed by atoms with Crippen LogP contribution in [0.4, 0.5) is 0 Å². The monoisotopic (exact) mass is 514 g/mol. The predicted molar refractivity (Wildman–Crippen MR) is 141 cm³/mol. The Morgan fingerprint density at radius 2 is 2.17 bits per heavy atom. The molecule has 9 heteroatoms. The Labute approximate surface area is 211 Å². The number of nitrogens with zero attached hydrogens (tertiary/aromatic N) is 2. The van der Waals surface area contributed by atoms with Crippen molar-refractivity contribution in [3.8, 4) is 16.5 Å². The number of benzene rings is 1. The molecule has 2 aliphatic rings. The molecule has 1 aromatic heterocycles. The number of hydrogen-bond donors (Lipinski definition) is 1. The molecule has 2 atom stereocenters. The molecule has 0 aliphatic heterocycles. The summed E-state index contributed by atoms with van der Waals surface area (Å²) in [6.07, 6.45) is 8.52. The number of hydrogen-bond acceptors (Lipinski definition) is 6. The molecule has 1 heterocycles. The van der Waals surface area contributed by atoms with Gasteiger partial charge < -0.3 is 9.47 Å². The third-order valence-corrected chi connectivity index (χ3v) is 8.48. The molecular formula is C26H32N3O4S2+. The summed E-state index contributed by atoms with van der Waals surface area (Å²) in [6, 6.07) is 8.97. The van der Waals surface area contributed by atoms with E-state index in [1.165, 1.54) is 12.7 Å². The molecule has 186 valence electrons. The SMILES string of the molecule is C[N+]#CC1=CC(c2ncc(-c3cccc4c3CCC4NS(=O)(=O)CCOC)s2)=CCC1OC(C)C. The third kappa shape index (κ3) is 6.08. The van der Waals surface area contributed by atoms with E-state index in [1.54, 1.807) is 18.4 Å². The largest absolute Gasteiger partial charge is 0.384 e. The lowest BCUT2D eigenvalue weighted by atomic mass is 9.97. The van der Waals surface area contributed by atoms with Gasteiger partial charge in [0.1, 0.15) is 16.7 Å². The van der Waals surface area contributed by atoms with E-state index in [2.05, 4.69) is 33.9 Å². The van der Waals surface area contributed by atoms with Crippen LogP contribution >= 0.6 is 11.3 Å². The molecule has 1 aromatic carbocycles. The minimum atomic E-state index is -3.40. The molecule has 7 nitrogen and oxygen atoms in total. The fourth-order valence-electron chi connectivity index (χ4n) is 4.53. The zero-order valence-corrected chi connectivity index (χ0v) is 22.2. The van der Waals surface area contributed by atoms with Gasteiger partial charge in [-0.2, -0.15) is 0 Å². The maximum absolute atomic E-state index is 12.4. The molecule has 0 saturated heterocycles. The summed E-state index contributed by atoms with van der Waals surface area (Å²) >= 11 is 1.64. The van der Waals surface area contributed by atoms with Gasteiger partial charge in [-0.05, 0) is 55.9 Å². The quantitative estimate of drug-likeness (QED) is 0.518. The number of rotatable bonds is 9. The predicted octanol–water partition coefficient (Wildman–Crippen LogP) is 4.83. The molecule has 0 amide bonds. The number of ether oxygens (including phenoxy) is 2. The smallest absolute Gasteiger partial charge is 0.309 e. The molecule has 0 radical (unpaired) electrons. The van der Waals surface area contributed by atoms with Gasteiger partial charge in [-0.3, -0.25) is 0 Å². The van der Waals surface area contributed by atoms with Crippen molar-refractivity contribution in [3.63, 3.8) is 0 Å². The Bertz CT molecular complexity index is 1300. The van der Waals surface area contributed by atoms with Crippen molar-refractivity contribution >= 4 is 26.9 Å². The second-order valence-corrected chi connectivity index (χ2v) is 11.8. The number of aromatic nitrogens is 1. The van der Waals surface area contributed by atoms with Crippen molar-refractivity contribution in [1.82, 2.24) is 9.71 Å². The highest BCUT2D eigenvalue weighted by molar-refractivity contribution is 7.89. The Balaban J connectivity index is 1.57. The minimum Gasteiger partial charge on any atom is -0.384 e. The first-order valence-corrected chi connectivity index (χ1v) is 14.3. The van der Waals surface area contributed by atoms with E-state index in [0.717, 1.165) is 51.4 Å². The van der Waals surface area contributed by atoms with Gasteiger partial charge in [-0.15, -0.1) is 11.3 Å². The molecule has 0 fully saturated rings. The van der Waals surface area contributed by atoms with Crippen LogP contribution in [-0.2, 0) is 25.9 Å². The fourth-order valence-corrected chi connectivity index (χ4v) is 6.69. The Kier molecular flexibility index (Phi) is 8.19.